The lowest BCUT2D eigenvalue weighted by molar-refractivity contribution is -0.382. The average Bonchev–Trinajstić information content (AvgIpc) is 2.60. The molecule has 2 heterocycles. The quantitative estimate of drug-likeness (QED) is 0.588. The highest BCUT2D eigenvalue weighted by Gasteiger charge is 2.30. The number of nitrogens with one attached hydrogen (secondary N) is 1. The molecule has 9 nitrogen and oxygen atoms in total. The number of rotatable bonds is 6. The van der Waals surface area contributed by atoms with Crippen LogP contribution in [0.15, 0.2) is 30.5 Å². The Morgan fingerprint density at radius 3 is 2.67 bits per heavy atom. The molecule has 1 N–H and O–H groups in total. The van der Waals surface area contributed by atoms with Gasteiger partial charge in [-0.15, -0.1) is 0 Å². The summed E-state index contributed by atoms with van der Waals surface area (Å²) in [4.78, 5) is 15.1. The highest BCUT2D eigenvalue weighted by Crippen LogP contribution is 2.32. The molecule has 0 radical (unpaired) electrons. The number of anilines is 1. The monoisotopic (exact) mass is 394 g/mol. The number of fused-ring (bicyclic) bond motifs is 1. The molecule has 0 spiro atoms. The van der Waals surface area contributed by atoms with E-state index in [1.54, 1.807) is 30.5 Å². The van der Waals surface area contributed by atoms with Crippen molar-refractivity contribution in [2.24, 2.45) is 0 Å². The minimum absolute atomic E-state index is 0.0645. The Hall–Kier alpha value is -2.30. The van der Waals surface area contributed by atoms with E-state index in [2.05, 4.69) is 10.3 Å². The van der Waals surface area contributed by atoms with Crippen LogP contribution in [0.5, 0.6) is 0 Å². The van der Waals surface area contributed by atoms with Crippen LogP contribution in [-0.2, 0) is 14.8 Å². The summed E-state index contributed by atoms with van der Waals surface area (Å²) in [5.41, 5.74) is 0.685. The third-order valence-corrected chi connectivity index (χ3v) is 6.20. The van der Waals surface area contributed by atoms with E-state index >= 15 is 0 Å². The number of nitro benzene ring substituents is 1. The van der Waals surface area contributed by atoms with Gasteiger partial charge < -0.3 is 10.1 Å². The van der Waals surface area contributed by atoms with Crippen LogP contribution in [0.3, 0.4) is 0 Å². The van der Waals surface area contributed by atoms with Gasteiger partial charge in [0.1, 0.15) is 5.69 Å². The van der Waals surface area contributed by atoms with Gasteiger partial charge in [0.15, 0.2) is 0 Å². The molecule has 0 aliphatic carbocycles. The Labute approximate surface area is 157 Å². The fourth-order valence-electron chi connectivity index (χ4n) is 3.28. The van der Waals surface area contributed by atoms with E-state index < -0.39 is 14.9 Å². The summed E-state index contributed by atoms with van der Waals surface area (Å²) in [7, 11) is -3.49. The van der Waals surface area contributed by atoms with Crippen LogP contribution in [0.25, 0.3) is 10.9 Å². The summed E-state index contributed by atoms with van der Waals surface area (Å²) in [5.74, 6) is -0.158. The Bertz CT molecular complexity index is 939. The van der Waals surface area contributed by atoms with Crippen molar-refractivity contribution in [2.45, 2.75) is 26.1 Å². The fourth-order valence-corrected chi connectivity index (χ4v) is 4.77. The van der Waals surface area contributed by atoms with Crippen LogP contribution in [0, 0.1) is 10.1 Å². The van der Waals surface area contributed by atoms with Crippen LogP contribution in [-0.4, -0.2) is 60.2 Å². The molecule has 10 heteroatoms. The molecule has 27 heavy (non-hydrogen) atoms. The number of hydrogen-bond donors (Lipinski definition) is 1. The molecule has 1 aromatic heterocycles. The van der Waals surface area contributed by atoms with Crippen LogP contribution in [0.4, 0.5) is 11.4 Å². The third kappa shape index (κ3) is 4.34. The fraction of sp³-hybridized carbons (Fsp3) is 0.471. The topological polar surface area (TPSA) is 115 Å². The molecular weight excluding hydrogens is 372 g/mol. The van der Waals surface area contributed by atoms with Crippen molar-refractivity contribution in [1.29, 1.82) is 0 Å². The molecule has 2 unspecified atom stereocenters. The predicted octanol–water partition coefficient (Wildman–Crippen LogP) is 1.99. The van der Waals surface area contributed by atoms with Crippen molar-refractivity contribution in [3.05, 3.63) is 40.6 Å². The number of pyridine rings is 1. The second kappa shape index (κ2) is 7.75. The normalized spacial score (nSPS) is 21.3. The van der Waals surface area contributed by atoms with E-state index in [-0.39, 0.29) is 35.9 Å². The van der Waals surface area contributed by atoms with Gasteiger partial charge in [-0.05, 0) is 38.1 Å². The van der Waals surface area contributed by atoms with E-state index in [1.807, 2.05) is 13.8 Å². The number of benzene rings is 1. The number of morpholine rings is 1. The molecule has 1 aliphatic heterocycles. The zero-order chi connectivity index (χ0) is 19.6. The Morgan fingerprint density at radius 2 is 2.00 bits per heavy atom. The lowest BCUT2D eigenvalue weighted by Crippen LogP contribution is -2.49. The first-order chi connectivity index (χ1) is 12.8. The molecule has 1 fully saturated rings. The Kier molecular flexibility index (Phi) is 5.59. The van der Waals surface area contributed by atoms with Crippen LogP contribution >= 0.6 is 0 Å². The molecule has 0 bridgehead atoms. The van der Waals surface area contributed by atoms with E-state index in [1.165, 1.54) is 4.31 Å². The summed E-state index contributed by atoms with van der Waals surface area (Å²) >= 11 is 0. The highest BCUT2D eigenvalue weighted by atomic mass is 32.2. The van der Waals surface area contributed by atoms with Gasteiger partial charge in [0.05, 0.1) is 33.8 Å². The molecule has 0 saturated carbocycles. The van der Waals surface area contributed by atoms with E-state index in [9.17, 15) is 18.5 Å². The van der Waals surface area contributed by atoms with Crippen LogP contribution in [0.1, 0.15) is 13.8 Å². The first-order valence-corrected chi connectivity index (χ1v) is 10.3. The zero-order valence-corrected chi connectivity index (χ0v) is 16.0. The van der Waals surface area contributed by atoms with E-state index in [0.717, 1.165) is 0 Å². The minimum Gasteiger partial charge on any atom is -0.378 e. The summed E-state index contributed by atoms with van der Waals surface area (Å²) < 4.78 is 32.2. The molecule has 0 amide bonds. The second-order valence-corrected chi connectivity index (χ2v) is 8.69. The van der Waals surface area contributed by atoms with Gasteiger partial charge >= 0.3 is 5.69 Å². The van der Waals surface area contributed by atoms with Crippen molar-refractivity contribution in [1.82, 2.24) is 9.29 Å². The van der Waals surface area contributed by atoms with Crippen molar-refractivity contribution >= 4 is 32.3 Å². The Morgan fingerprint density at radius 1 is 1.30 bits per heavy atom. The first kappa shape index (κ1) is 19.5. The SMILES string of the molecule is CC1CN(S(=O)(=O)CCNc2ccc3ncccc3c2[N+](=O)[O-])CC(C)O1. The van der Waals surface area contributed by atoms with Crippen molar-refractivity contribution in [2.75, 3.05) is 30.7 Å². The van der Waals surface area contributed by atoms with Gasteiger partial charge in [-0.3, -0.25) is 15.1 Å². The number of aromatic nitrogens is 1. The van der Waals surface area contributed by atoms with E-state index in [0.29, 0.717) is 24.0 Å². The molecule has 2 aromatic rings. The van der Waals surface area contributed by atoms with Crippen LogP contribution in [0.2, 0.25) is 0 Å². The van der Waals surface area contributed by atoms with Crippen LogP contribution < -0.4 is 5.32 Å². The number of ether oxygens (including phenoxy) is 1. The third-order valence-electron chi connectivity index (χ3n) is 4.39. The predicted molar refractivity (Wildman–Crippen MR) is 102 cm³/mol. The standard InChI is InChI=1S/C17H22N4O5S/c1-12-10-20(11-13(2)26-12)27(24,25)9-8-19-16-6-5-15-14(4-3-7-18-15)17(16)21(22)23/h3-7,12-13,19H,8-11H2,1-2H3. The van der Waals surface area contributed by atoms with Gasteiger partial charge in [-0.2, -0.15) is 4.31 Å². The summed E-state index contributed by atoms with van der Waals surface area (Å²) in [6.45, 7) is 4.36. The zero-order valence-electron chi connectivity index (χ0n) is 15.2. The van der Waals surface area contributed by atoms with Crippen molar-refractivity contribution in [3.8, 4) is 0 Å². The summed E-state index contributed by atoms with van der Waals surface area (Å²) in [6, 6.07) is 6.48. The summed E-state index contributed by atoms with van der Waals surface area (Å²) in [6.07, 6.45) is 1.24. The Balaban J connectivity index is 1.73. The smallest absolute Gasteiger partial charge is 0.301 e. The number of nitro groups is 1. The lowest BCUT2D eigenvalue weighted by Gasteiger charge is -2.34. The molecule has 1 aliphatic rings. The maximum absolute atomic E-state index is 12.6. The molecular formula is C17H22N4O5S. The first-order valence-electron chi connectivity index (χ1n) is 8.67. The maximum atomic E-state index is 12.6. The molecule has 1 aromatic carbocycles. The molecule has 1 saturated heterocycles. The minimum atomic E-state index is -3.49. The van der Waals surface area contributed by atoms with Gasteiger partial charge in [0.25, 0.3) is 0 Å². The van der Waals surface area contributed by atoms with Gasteiger partial charge in [0, 0.05) is 25.8 Å². The molecule has 2 atom stereocenters. The maximum Gasteiger partial charge on any atom is 0.301 e. The lowest BCUT2D eigenvalue weighted by atomic mass is 10.1. The van der Waals surface area contributed by atoms with Gasteiger partial charge in [-0.1, -0.05) is 0 Å². The van der Waals surface area contributed by atoms with Gasteiger partial charge in [0.2, 0.25) is 10.0 Å². The molecule has 3 rings (SSSR count). The van der Waals surface area contributed by atoms with Gasteiger partial charge in [-0.25, -0.2) is 8.42 Å². The average molecular weight is 394 g/mol. The summed E-state index contributed by atoms with van der Waals surface area (Å²) in [5, 5.41) is 14.8. The number of nitrogens with zero attached hydrogens (tertiary/aromatic N) is 3. The number of sulfonamides is 1. The van der Waals surface area contributed by atoms with E-state index in [4.69, 9.17) is 4.74 Å². The second-order valence-electron chi connectivity index (χ2n) is 6.61. The molecule has 146 valence electrons. The van der Waals surface area contributed by atoms with Crippen molar-refractivity contribution < 1.29 is 18.1 Å². The largest absolute Gasteiger partial charge is 0.378 e. The van der Waals surface area contributed by atoms with Crippen molar-refractivity contribution in [3.63, 3.8) is 0 Å². The number of hydrogen-bond acceptors (Lipinski definition) is 7. The highest BCUT2D eigenvalue weighted by molar-refractivity contribution is 7.89.